The Hall–Kier alpha value is -1.95. The van der Waals surface area contributed by atoms with Gasteiger partial charge in [0.25, 0.3) is 5.69 Å². The number of ketones is 1. The van der Waals surface area contributed by atoms with Gasteiger partial charge in [0, 0.05) is 17.7 Å². The number of benzene rings is 1. The number of rotatable bonds is 4. The van der Waals surface area contributed by atoms with Crippen molar-refractivity contribution in [1.82, 2.24) is 0 Å². The van der Waals surface area contributed by atoms with E-state index in [0.717, 1.165) is 12.1 Å². The van der Waals surface area contributed by atoms with Gasteiger partial charge in [-0.05, 0) is 6.07 Å². The minimum absolute atomic E-state index is 0.00292. The second-order valence-corrected chi connectivity index (χ2v) is 3.32. The SMILES string of the molecule is O=C(O)CC(=O)c1cc([N+](=O)[O-])ccc1Cl. The molecule has 0 saturated heterocycles. The first kappa shape index (κ1) is 12.1. The Morgan fingerprint density at radius 1 is 1.44 bits per heavy atom. The maximum Gasteiger partial charge on any atom is 0.311 e. The molecule has 1 aromatic rings. The van der Waals surface area contributed by atoms with Crippen molar-refractivity contribution in [3.05, 3.63) is 38.9 Å². The van der Waals surface area contributed by atoms with Crippen LogP contribution in [0.2, 0.25) is 5.02 Å². The molecule has 16 heavy (non-hydrogen) atoms. The standard InChI is InChI=1S/C9H6ClNO5/c10-7-2-1-5(11(15)16)3-6(7)8(12)4-9(13)14/h1-3H,4H2,(H,13,14). The molecule has 0 saturated carbocycles. The Bertz CT molecular complexity index is 471. The van der Waals surface area contributed by atoms with Crippen molar-refractivity contribution in [2.45, 2.75) is 6.42 Å². The number of carbonyl (C=O) groups excluding carboxylic acids is 1. The third-order valence-electron chi connectivity index (χ3n) is 1.77. The Balaban J connectivity index is 3.11. The van der Waals surface area contributed by atoms with Crippen LogP contribution in [0, 0.1) is 10.1 Å². The maximum absolute atomic E-state index is 11.4. The quantitative estimate of drug-likeness (QED) is 0.377. The first-order chi connectivity index (χ1) is 7.41. The Labute approximate surface area is 94.6 Å². The van der Waals surface area contributed by atoms with Crippen molar-refractivity contribution >= 4 is 29.0 Å². The molecule has 1 N–H and O–H groups in total. The van der Waals surface area contributed by atoms with Gasteiger partial charge in [-0.25, -0.2) is 0 Å². The fourth-order valence-electron chi connectivity index (χ4n) is 1.07. The number of Topliss-reactive ketones (excluding diaryl/α,β-unsaturated/α-hetero) is 1. The van der Waals surface area contributed by atoms with Gasteiger partial charge in [-0.15, -0.1) is 0 Å². The summed E-state index contributed by atoms with van der Waals surface area (Å²) in [6, 6.07) is 3.29. The average molecular weight is 244 g/mol. The summed E-state index contributed by atoms with van der Waals surface area (Å²) in [7, 11) is 0. The maximum atomic E-state index is 11.4. The summed E-state index contributed by atoms with van der Waals surface area (Å²) in [6.07, 6.45) is -0.749. The molecule has 0 aromatic heterocycles. The summed E-state index contributed by atoms with van der Waals surface area (Å²) < 4.78 is 0. The van der Waals surface area contributed by atoms with Gasteiger partial charge < -0.3 is 5.11 Å². The Morgan fingerprint density at radius 3 is 2.56 bits per heavy atom. The number of nitro benzene ring substituents is 1. The predicted octanol–water partition coefficient (Wildman–Crippen LogP) is 1.91. The molecule has 0 spiro atoms. The zero-order valence-corrected chi connectivity index (χ0v) is 8.60. The molecule has 0 aliphatic carbocycles. The molecule has 0 aliphatic heterocycles. The lowest BCUT2D eigenvalue weighted by atomic mass is 10.1. The van der Waals surface area contributed by atoms with Gasteiger partial charge >= 0.3 is 5.97 Å². The molecule has 0 bridgehead atoms. The van der Waals surface area contributed by atoms with E-state index in [1.54, 1.807) is 0 Å². The predicted molar refractivity (Wildman–Crippen MR) is 54.7 cm³/mol. The highest BCUT2D eigenvalue weighted by Gasteiger charge is 2.17. The van der Waals surface area contributed by atoms with E-state index in [1.165, 1.54) is 6.07 Å². The zero-order chi connectivity index (χ0) is 12.3. The number of nitrogens with zero attached hydrogens (tertiary/aromatic N) is 1. The number of carboxylic acids is 1. The molecule has 1 rings (SSSR count). The second kappa shape index (κ2) is 4.71. The minimum Gasteiger partial charge on any atom is -0.481 e. The van der Waals surface area contributed by atoms with Crippen LogP contribution in [0.1, 0.15) is 16.8 Å². The fraction of sp³-hybridized carbons (Fsp3) is 0.111. The van der Waals surface area contributed by atoms with Crippen molar-refractivity contribution in [2.24, 2.45) is 0 Å². The van der Waals surface area contributed by atoms with Crippen molar-refractivity contribution < 1.29 is 19.6 Å². The highest BCUT2D eigenvalue weighted by Crippen LogP contribution is 2.23. The van der Waals surface area contributed by atoms with Crippen LogP contribution in [0.4, 0.5) is 5.69 Å². The van der Waals surface area contributed by atoms with E-state index in [2.05, 4.69) is 0 Å². The van der Waals surface area contributed by atoms with Gasteiger partial charge in [0.05, 0.1) is 9.95 Å². The molecule has 0 atom stereocenters. The highest BCUT2D eigenvalue weighted by atomic mass is 35.5. The smallest absolute Gasteiger partial charge is 0.311 e. The van der Waals surface area contributed by atoms with Crippen molar-refractivity contribution in [2.75, 3.05) is 0 Å². The van der Waals surface area contributed by atoms with E-state index in [9.17, 15) is 19.7 Å². The van der Waals surface area contributed by atoms with Crippen molar-refractivity contribution in [3.63, 3.8) is 0 Å². The van der Waals surface area contributed by atoms with Gasteiger partial charge in [-0.3, -0.25) is 19.7 Å². The van der Waals surface area contributed by atoms with Gasteiger partial charge in [0.1, 0.15) is 6.42 Å². The van der Waals surface area contributed by atoms with E-state index in [4.69, 9.17) is 16.7 Å². The van der Waals surface area contributed by atoms with E-state index in [0.29, 0.717) is 0 Å². The van der Waals surface area contributed by atoms with Crippen LogP contribution < -0.4 is 0 Å². The van der Waals surface area contributed by atoms with Crippen molar-refractivity contribution in [1.29, 1.82) is 0 Å². The largest absolute Gasteiger partial charge is 0.481 e. The van der Waals surface area contributed by atoms with E-state index >= 15 is 0 Å². The summed E-state index contributed by atoms with van der Waals surface area (Å²) in [6.45, 7) is 0. The Kier molecular flexibility index (Phi) is 3.57. The van der Waals surface area contributed by atoms with Crippen LogP contribution in [0.5, 0.6) is 0 Å². The number of hydrogen-bond donors (Lipinski definition) is 1. The summed E-state index contributed by atoms with van der Waals surface area (Å²) >= 11 is 5.64. The molecule has 84 valence electrons. The van der Waals surface area contributed by atoms with Crippen molar-refractivity contribution in [3.8, 4) is 0 Å². The van der Waals surface area contributed by atoms with Gasteiger partial charge in [0.2, 0.25) is 0 Å². The van der Waals surface area contributed by atoms with E-state index < -0.39 is 23.1 Å². The third-order valence-corrected chi connectivity index (χ3v) is 2.10. The summed E-state index contributed by atoms with van der Waals surface area (Å²) in [4.78, 5) is 31.4. The highest BCUT2D eigenvalue weighted by molar-refractivity contribution is 6.34. The van der Waals surface area contributed by atoms with Crippen LogP contribution in [0.15, 0.2) is 18.2 Å². The molecule has 0 aliphatic rings. The van der Waals surface area contributed by atoms with Gasteiger partial charge in [0.15, 0.2) is 5.78 Å². The number of halogens is 1. The molecule has 1 aromatic carbocycles. The Morgan fingerprint density at radius 2 is 2.06 bits per heavy atom. The van der Waals surface area contributed by atoms with Crippen LogP contribution in [-0.2, 0) is 4.79 Å². The fourth-order valence-corrected chi connectivity index (χ4v) is 1.30. The second-order valence-electron chi connectivity index (χ2n) is 2.91. The summed E-state index contributed by atoms with van der Waals surface area (Å²) in [5.41, 5.74) is -0.462. The number of nitro groups is 1. The lowest BCUT2D eigenvalue weighted by Gasteiger charge is -2.01. The summed E-state index contributed by atoms with van der Waals surface area (Å²) in [5.74, 6) is -2.08. The summed E-state index contributed by atoms with van der Waals surface area (Å²) in [5, 5.41) is 18.9. The molecule has 0 heterocycles. The molecule has 0 amide bonds. The van der Waals surface area contributed by atoms with Crippen LogP contribution >= 0.6 is 11.6 Å². The topological polar surface area (TPSA) is 97.5 Å². The molecular weight excluding hydrogens is 238 g/mol. The molecule has 0 fully saturated rings. The van der Waals surface area contributed by atoms with Gasteiger partial charge in [-0.1, -0.05) is 11.6 Å². The lowest BCUT2D eigenvalue weighted by molar-refractivity contribution is -0.384. The number of non-ortho nitro benzene ring substituents is 1. The lowest BCUT2D eigenvalue weighted by Crippen LogP contribution is -2.08. The number of carbonyl (C=O) groups is 2. The number of hydrogen-bond acceptors (Lipinski definition) is 4. The number of aliphatic carboxylic acids is 1. The monoisotopic (exact) mass is 243 g/mol. The normalized spacial score (nSPS) is 9.81. The number of carboxylic acid groups (broad SMARTS) is 1. The van der Waals surface area contributed by atoms with Gasteiger partial charge in [-0.2, -0.15) is 0 Å². The van der Waals surface area contributed by atoms with Crippen LogP contribution in [0.25, 0.3) is 0 Å². The molecule has 0 radical (unpaired) electrons. The zero-order valence-electron chi connectivity index (χ0n) is 7.84. The van der Waals surface area contributed by atoms with E-state index in [-0.39, 0.29) is 16.3 Å². The van der Waals surface area contributed by atoms with Crippen LogP contribution in [-0.4, -0.2) is 21.8 Å². The van der Waals surface area contributed by atoms with Crippen LogP contribution in [0.3, 0.4) is 0 Å². The minimum atomic E-state index is -1.31. The van der Waals surface area contributed by atoms with E-state index in [1.807, 2.05) is 0 Å². The molecule has 6 nitrogen and oxygen atoms in total. The third kappa shape index (κ3) is 2.77. The first-order valence-corrected chi connectivity index (χ1v) is 4.48. The molecule has 0 unspecified atom stereocenters. The molecule has 7 heteroatoms. The average Bonchev–Trinajstić information content (AvgIpc) is 2.16. The molecular formula is C9H6ClNO5. The first-order valence-electron chi connectivity index (χ1n) is 4.10.